The SMILES string of the molecule is Cc1cc2c(cc1S(=O)(=O)N1CCC[C@@H]1C(=O)NCc1cccs1)OCC(=O)N2. The van der Waals surface area contributed by atoms with Gasteiger partial charge in [0.15, 0.2) is 6.61 Å². The highest BCUT2D eigenvalue weighted by molar-refractivity contribution is 7.89. The molecule has 1 aromatic heterocycles. The van der Waals surface area contributed by atoms with E-state index in [0.717, 1.165) is 4.88 Å². The van der Waals surface area contributed by atoms with E-state index in [4.69, 9.17) is 4.74 Å². The fourth-order valence-corrected chi connectivity index (χ4v) is 6.14. The molecule has 1 fully saturated rings. The summed E-state index contributed by atoms with van der Waals surface area (Å²) >= 11 is 1.54. The number of benzene rings is 1. The summed E-state index contributed by atoms with van der Waals surface area (Å²) in [5.74, 6) is -0.264. The maximum Gasteiger partial charge on any atom is 0.262 e. The van der Waals surface area contributed by atoms with Gasteiger partial charge in [0.1, 0.15) is 11.8 Å². The van der Waals surface area contributed by atoms with Crippen LogP contribution in [-0.4, -0.2) is 43.7 Å². The number of ether oxygens (including phenoxy) is 1. The third-order valence-corrected chi connectivity index (χ3v) is 7.95. The second-order valence-corrected chi connectivity index (χ2v) is 9.91. The van der Waals surface area contributed by atoms with Crippen LogP contribution in [-0.2, 0) is 26.2 Å². The summed E-state index contributed by atoms with van der Waals surface area (Å²) in [5, 5.41) is 7.44. The molecule has 0 radical (unpaired) electrons. The quantitative estimate of drug-likeness (QED) is 0.746. The molecule has 8 nitrogen and oxygen atoms in total. The Morgan fingerprint density at radius 3 is 3.00 bits per heavy atom. The molecule has 2 aliphatic rings. The van der Waals surface area contributed by atoms with E-state index in [1.54, 1.807) is 13.0 Å². The minimum atomic E-state index is -3.90. The lowest BCUT2D eigenvalue weighted by Crippen LogP contribution is -2.45. The number of hydrogen-bond acceptors (Lipinski definition) is 6. The van der Waals surface area contributed by atoms with Gasteiger partial charge in [0.25, 0.3) is 5.91 Å². The molecule has 0 bridgehead atoms. The molecule has 2 N–H and O–H groups in total. The van der Waals surface area contributed by atoms with Crippen LogP contribution in [0.5, 0.6) is 5.75 Å². The van der Waals surface area contributed by atoms with Crippen LogP contribution < -0.4 is 15.4 Å². The Morgan fingerprint density at radius 1 is 1.41 bits per heavy atom. The highest BCUT2D eigenvalue weighted by Crippen LogP contribution is 2.36. The minimum absolute atomic E-state index is 0.0883. The van der Waals surface area contributed by atoms with Crippen molar-refractivity contribution in [1.82, 2.24) is 9.62 Å². The Hall–Kier alpha value is -2.43. The summed E-state index contributed by atoms with van der Waals surface area (Å²) in [7, 11) is -3.90. The third-order valence-electron chi connectivity index (χ3n) is 5.02. The number of nitrogens with one attached hydrogen (secondary N) is 2. The van der Waals surface area contributed by atoms with Crippen molar-refractivity contribution in [3.8, 4) is 5.75 Å². The Balaban J connectivity index is 1.57. The van der Waals surface area contributed by atoms with E-state index in [1.807, 2.05) is 17.5 Å². The molecule has 4 rings (SSSR count). The summed E-state index contributed by atoms with van der Waals surface area (Å²) < 4.78 is 33.4. The lowest BCUT2D eigenvalue weighted by Gasteiger charge is -2.25. The molecule has 1 aromatic carbocycles. The fraction of sp³-hybridized carbons (Fsp3) is 0.368. The lowest BCUT2D eigenvalue weighted by molar-refractivity contribution is -0.124. The standard InChI is InChI=1S/C19H21N3O5S2/c1-12-8-14-16(27-11-18(23)21-14)9-17(12)29(25,26)22-6-2-5-15(22)19(24)20-10-13-4-3-7-28-13/h3-4,7-9,15H,2,5-6,10-11H2,1H3,(H,20,24)(H,21,23)/t15-/m1/s1. The first-order valence-corrected chi connectivity index (χ1v) is 11.6. The van der Waals surface area contributed by atoms with Crippen molar-refractivity contribution in [3.05, 3.63) is 40.1 Å². The highest BCUT2D eigenvalue weighted by Gasteiger charge is 2.40. The van der Waals surface area contributed by atoms with Gasteiger partial charge < -0.3 is 15.4 Å². The summed E-state index contributed by atoms with van der Waals surface area (Å²) in [5.41, 5.74) is 0.934. The molecule has 0 aliphatic carbocycles. The van der Waals surface area contributed by atoms with E-state index in [0.29, 0.717) is 36.4 Å². The molecule has 2 amide bonds. The fourth-order valence-electron chi connectivity index (χ4n) is 3.62. The van der Waals surface area contributed by atoms with Crippen molar-refractivity contribution in [2.24, 2.45) is 0 Å². The van der Waals surface area contributed by atoms with Crippen molar-refractivity contribution in [3.63, 3.8) is 0 Å². The van der Waals surface area contributed by atoms with Crippen LogP contribution in [0.2, 0.25) is 0 Å². The van der Waals surface area contributed by atoms with Crippen LogP contribution >= 0.6 is 11.3 Å². The van der Waals surface area contributed by atoms with E-state index in [2.05, 4.69) is 10.6 Å². The molecule has 154 valence electrons. The molecule has 0 saturated carbocycles. The Labute approximate surface area is 172 Å². The Bertz CT molecular complexity index is 1050. The molecule has 10 heteroatoms. The summed E-state index contributed by atoms with van der Waals surface area (Å²) in [6.45, 7) is 2.17. The van der Waals surface area contributed by atoms with Gasteiger partial charge in [-0.15, -0.1) is 11.3 Å². The van der Waals surface area contributed by atoms with Crippen LogP contribution in [0.3, 0.4) is 0 Å². The zero-order valence-corrected chi connectivity index (χ0v) is 17.4. The van der Waals surface area contributed by atoms with Gasteiger partial charge >= 0.3 is 0 Å². The Kier molecular flexibility index (Phi) is 5.32. The Morgan fingerprint density at radius 2 is 2.24 bits per heavy atom. The van der Waals surface area contributed by atoms with Gasteiger partial charge in [-0.3, -0.25) is 9.59 Å². The molecule has 3 heterocycles. The van der Waals surface area contributed by atoms with Crippen molar-refractivity contribution in [1.29, 1.82) is 0 Å². The number of anilines is 1. The summed E-state index contributed by atoms with van der Waals surface area (Å²) in [6, 6.07) is 6.10. The molecule has 2 aliphatic heterocycles. The third kappa shape index (κ3) is 3.87. The predicted molar refractivity (Wildman–Crippen MR) is 108 cm³/mol. The molecular formula is C19H21N3O5S2. The van der Waals surface area contributed by atoms with Crippen LogP contribution in [0.25, 0.3) is 0 Å². The van der Waals surface area contributed by atoms with E-state index in [1.165, 1.54) is 21.7 Å². The first-order chi connectivity index (χ1) is 13.9. The number of fused-ring (bicyclic) bond motifs is 1. The number of hydrogen-bond donors (Lipinski definition) is 2. The van der Waals surface area contributed by atoms with Gasteiger partial charge in [-0.2, -0.15) is 4.31 Å². The van der Waals surface area contributed by atoms with Crippen molar-refractivity contribution in [2.45, 2.75) is 37.2 Å². The molecule has 1 saturated heterocycles. The van der Waals surface area contributed by atoms with Gasteiger partial charge in [0.2, 0.25) is 15.9 Å². The predicted octanol–water partition coefficient (Wildman–Crippen LogP) is 1.86. The van der Waals surface area contributed by atoms with Crippen LogP contribution in [0, 0.1) is 6.92 Å². The molecular weight excluding hydrogens is 414 g/mol. The molecule has 29 heavy (non-hydrogen) atoms. The zero-order chi connectivity index (χ0) is 20.6. The number of aryl methyl sites for hydroxylation is 1. The number of nitrogens with zero attached hydrogens (tertiary/aromatic N) is 1. The van der Waals surface area contributed by atoms with Crippen LogP contribution in [0.15, 0.2) is 34.5 Å². The maximum absolute atomic E-state index is 13.4. The minimum Gasteiger partial charge on any atom is -0.482 e. The van der Waals surface area contributed by atoms with Gasteiger partial charge in [-0.1, -0.05) is 6.07 Å². The van der Waals surface area contributed by atoms with Crippen molar-refractivity contribution < 1.29 is 22.7 Å². The van der Waals surface area contributed by atoms with Crippen molar-refractivity contribution >= 4 is 38.9 Å². The second-order valence-electron chi connectivity index (χ2n) is 7.02. The van der Waals surface area contributed by atoms with Crippen LogP contribution in [0.1, 0.15) is 23.3 Å². The van der Waals surface area contributed by atoms with E-state index in [9.17, 15) is 18.0 Å². The van der Waals surface area contributed by atoms with Gasteiger partial charge in [-0.25, -0.2) is 8.42 Å². The average molecular weight is 436 g/mol. The van der Waals surface area contributed by atoms with E-state index >= 15 is 0 Å². The number of amides is 2. The van der Waals surface area contributed by atoms with E-state index in [-0.39, 0.29) is 29.9 Å². The van der Waals surface area contributed by atoms with E-state index < -0.39 is 16.1 Å². The largest absolute Gasteiger partial charge is 0.482 e. The first-order valence-electron chi connectivity index (χ1n) is 9.25. The van der Waals surface area contributed by atoms with Gasteiger partial charge in [0.05, 0.1) is 17.1 Å². The second kappa shape index (κ2) is 7.77. The normalized spacial score (nSPS) is 19.3. The van der Waals surface area contributed by atoms with Gasteiger partial charge in [-0.05, 0) is 42.8 Å². The topological polar surface area (TPSA) is 105 Å². The lowest BCUT2D eigenvalue weighted by atomic mass is 10.2. The number of sulfonamides is 1. The highest BCUT2D eigenvalue weighted by atomic mass is 32.2. The number of rotatable bonds is 5. The number of carbonyl (C=O) groups is 2. The molecule has 0 unspecified atom stereocenters. The van der Waals surface area contributed by atoms with Crippen LogP contribution in [0.4, 0.5) is 5.69 Å². The summed E-state index contributed by atoms with van der Waals surface area (Å²) in [6.07, 6.45) is 1.10. The average Bonchev–Trinajstić information content (AvgIpc) is 3.37. The zero-order valence-electron chi connectivity index (χ0n) is 15.8. The van der Waals surface area contributed by atoms with Crippen molar-refractivity contribution in [2.75, 3.05) is 18.5 Å². The van der Waals surface area contributed by atoms with Gasteiger partial charge in [0, 0.05) is 17.5 Å². The smallest absolute Gasteiger partial charge is 0.262 e. The molecule has 2 aromatic rings. The molecule has 1 atom stereocenters. The number of thiophene rings is 1. The number of carbonyl (C=O) groups excluding carboxylic acids is 2. The molecule has 0 spiro atoms. The monoisotopic (exact) mass is 435 g/mol. The maximum atomic E-state index is 13.4. The first kappa shape index (κ1) is 19.9. The summed E-state index contributed by atoms with van der Waals surface area (Å²) in [4.78, 5) is 25.3.